The highest BCUT2D eigenvalue weighted by Gasteiger charge is 2.42. The number of amides is 2. The van der Waals surface area contributed by atoms with E-state index >= 15 is 0 Å². The van der Waals surface area contributed by atoms with Crippen LogP contribution in [-0.2, 0) is 10.0 Å². The number of rotatable bonds is 13. The molecule has 0 bridgehead atoms. The molecule has 1 aromatic heterocycles. The highest BCUT2D eigenvalue weighted by atomic mass is 32.2. The zero-order chi connectivity index (χ0) is 37.2. The maximum Gasteiger partial charge on any atom is 0.321 e. The molecule has 1 aliphatic heterocycles. The Labute approximate surface area is 307 Å². The standard InChI is InChI=1S/C19H23F2N5O3S.B19/c1-3-30(28,29)26-6-4-17(5-7-26)25(2)19(27)24-16-11-22-18(23-12-16)13-8-14(20)10-15(21)9-13;1-11-16(10)19(17(12(2)3)13(4)5)18(14(6)7)15(8)9/h8-12,17H,3-7H2,1-2H3,(H,24,27);. The maximum absolute atomic E-state index is 13.3. The van der Waals surface area contributed by atoms with Crippen molar-refractivity contribution in [3.8, 4) is 11.4 Å². The molecule has 1 aliphatic rings. The molecule has 0 aliphatic carbocycles. The average molecular weight is 645 g/mol. The second-order valence-electron chi connectivity index (χ2n) is 11.8. The molecule has 8 nitrogen and oxygen atoms in total. The number of hydrogen-bond acceptors (Lipinski definition) is 5. The Bertz CT molecular complexity index is 1390. The fourth-order valence-corrected chi connectivity index (χ4v) is 6.86. The summed E-state index contributed by atoms with van der Waals surface area (Å²) < 4.78 is 52.0. The number of nitrogens with one attached hydrogen (secondary N) is 1. The molecule has 0 spiro atoms. The van der Waals surface area contributed by atoms with Crippen LogP contribution in [0.2, 0.25) is 0 Å². The van der Waals surface area contributed by atoms with E-state index in [1.807, 2.05) is 0 Å². The van der Waals surface area contributed by atoms with E-state index in [2.05, 4.69) is 15.3 Å². The van der Waals surface area contributed by atoms with Gasteiger partial charge in [-0.3, -0.25) is 0 Å². The lowest BCUT2D eigenvalue weighted by Crippen LogP contribution is -2.79. The number of aromatic nitrogens is 2. The Morgan fingerprint density at radius 1 is 0.898 bits per heavy atom. The topological polar surface area (TPSA) is 95.5 Å². The van der Waals surface area contributed by atoms with E-state index in [1.54, 1.807) is 14.0 Å². The molecule has 0 saturated carbocycles. The van der Waals surface area contributed by atoms with Gasteiger partial charge in [-0.2, -0.15) is 0 Å². The van der Waals surface area contributed by atoms with Gasteiger partial charge in [0, 0.05) is 173 Å². The molecule has 3 rings (SSSR count). The molecule has 219 valence electrons. The summed E-state index contributed by atoms with van der Waals surface area (Å²) in [5, 5.41) is 2.68. The third kappa shape index (κ3) is 12.6. The van der Waals surface area contributed by atoms with Gasteiger partial charge in [0.25, 0.3) is 0 Å². The van der Waals surface area contributed by atoms with Crippen molar-refractivity contribution >= 4 is 157 Å². The summed E-state index contributed by atoms with van der Waals surface area (Å²) in [6.07, 6.45) is -1.92. The zero-order valence-corrected chi connectivity index (χ0v) is 28.5. The van der Waals surface area contributed by atoms with Crippen LogP contribution in [0.3, 0.4) is 0 Å². The monoisotopic (exact) mass is 648 g/mol. The number of carbonyl (C=O) groups is 1. The van der Waals surface area contributed by atoms with Crippen molar-refractivity contribution < 1.29 is 22.0 Å². The van der Waals surface area contributed by atoms with Crippen LogP contribution in [0.4, 0.5) is 19.3 Å². The van der Waals surface area contributed by atoms with E-state index in [1.165, 1.54) is 28.7 Å². The van der Waals surface area contributed by atoms with E-state index in [0.29, 0.717) is 31.6 Å². The molecule has 21 radical (unpaired) electrons. The van der Waals surface area contributed by atoms with Crippen molar-refractivity contribution in [2.75, 3.05) is 31.2 Å². The summed E-state index contributed by atoms with van der Waals surface area (Å²) in [6.45, 7) is 2.36. The number of anilines is 1. The second-order valence-corrected chi connectivity index (χ2v) is 14.1. The molecule has 1 aromatic carbocycles. The van der Waals surface area contributed by atoms with Gasteiger partial charge in [-0.05, 0) is 31.9 Å². The van der Waals surface area contributed by atoms with Crippen molar-refractivity contribution in [3.63, 3.8) is 0 Å². The van der Waals surface area contributed by atoms with Gasteiger partial charge in [0.15, 0.2) is 5.82 Å². The third-order valence-corrected chi connectivity index (χ3v) is 10.3. The number of piperidine rings is 1. The van der Waals surface area contributed by atoms with Crippen LogP contribution < -0.4 is 5.32 Å². The largest absolute Gasteiger partial charge is 0.325 e. The lowest BCUT2D eigenvalue weighted by molar-refractivity contribution is 0.174. The molecule has 1 fully saturated rings. The second kappa shape index (κ2) is 20.0. The highest BCUT2D eigenvalue weighted by molar-refractivity contribution is 8.18. The van der Waals surface area contributed by atoms with Gasteiger partial charge in [0.2, 0.25) is 10.0 Å². The zero-order valence-electron chi connectivity index (χ0n) is 27.6. The van der Waals surface area contributed by atoms with Gasteiger partial charge < -0.3 is 10.2 Å². The fraction of sp³-hybridized carbons (Fsp3) is 0.421. The van der Waals surface area contributed by atoms with Gasteiger partial charge in [-0.25, -0.2) is 36.3 Å². The maximum atomic E-state index is 13.3. The summed E-state index contributed by atoms with van der Waals surface area (Å²) in [5.74, 6) is -1.27. The van der Waals surface area contributed by atoms with Gasteiger partial charge in [-0.1, -0.05) is 0 Å². The van der Waals surface area contributed by atoms with Crippen molar-refractivity contribution in [3.05, 3.63) is 42.2 Å². The average Bonchev–Trinajstić information content (AvgIpc) is 3.03. The minimum atomic E-state index is -3.22. The van der Waals surface area contributed by atoms with Crippen LogP contribution in [0.5, 0.6) is 0 Å². The quantitative estimate of drug-likeness (QED) is 0.222. The van der Waals surface area contributed by atoms with Crippen LogP contribution >= 0.6 is 0 Å². The van der Waals surface area contributed by atoms with E-state index in [9.17, 15) is 22.0 Å². The number of urea groups is 1. The van der Waals surface area contributed by atoms with E-state index < -0.39 is 72.7 Å². The van der Waals surface area contributed by atoms with Crippen LogP contribution in [-0.4, -0.2) is 201 Å². The van der Waals surface area contributed by atoms with Crippen LogP contribution in [0.15, 0.2) is 30.6 Å². The lowest BCUT2D eigenvalue weighted by Gasteiger charge is -2.41. The summed E-state index contributed by atoms with van der Waals surface area (Å²) in [6, 6.07) is 2.53. The van der Waals surface area contributed by atoms with Gasteiger partial charge in [0.05, 0.1) is 23.8 Å². The van der Waals surface area contributed by atoms with Crippen molar-refractivity contribution in [1.29, 1.82) is 0 Å². The number of halogens is 2. The Morgan fingerprint density at radius 3 is 1.73 bits per heavy atom. The number of carbonyl (C=O) groups excluding carboxylic acids is 1. The molecular formula is C19H23B19F2N5O3S. The summed E-state index contributed by atoms with van der Waals surface area (Å²) >= 11 is 0. The molecule has 2 heterocycles. The van der Waals surface area contributed by atoms with Crippen LogP contribution in [0, 0.1) is 11.6 Å². The first kappa shape index (κ1) is 43.7. The Kier molecular flexibility index (Phi) is 17.8. The van der Waals surface area contributed by atoms with Crippen molar-refractivity contribution in [2.45, 2.75) is 25.8 Å². The van der Waals surface area contributed by atoms with Crippen molar-refractivity contribution in [1.82, 2.24) is 19.2 Å². The minimum absolute atomic E-state index is 0.0618. The first-order valence-electron chi connectivity index (χ1n) is 15.5. The lowest BCUT2D eigenvalue weighted by atomic mass is 8.40. The smallest absolute Gasteiger partial charge is 0.321 e. The number of benzene rings is 1. The molecule has 1 N–H and O–H groups in total. The first-order chi connectivity index (χ1) is 22.8. The van der Waals surface area contributed by atoms with Gasteiger partial charge in [-0.15, -0.1) is 0 Å². The normalized spacial score (nSPS) is 13.1. The molecule has 2 aromatic rings. The Morgan fingerprint density at radius 2 is 1.35 bits per heavy atom. The minimum Gasteiger partial charge on any atom is -0.325 e. The molecular weight excluding hydrogens is 622 g/mol. The summed E-state index contributed by atoms with van der Waals surface area (Å²) in [7, 11) is 56.8. The third-order valence-electron chi connectivity index (χ3n) is 8.41. The molecule has 49 heavy (non-hydrogen) atoms. The van der Waals surface area contributed by atoms with E-state index in [-0.39, 0.29) is 29.2 Å². The first-order valence-corrected chi connectivity index (χ1v) is 17.1. The summed E-state index contributed by atoms with van der Waals surface area (Å²) in [5.41, 5.74) is 0.523. The van der Waals surface area contributed by atoms with Crippen LogP contribution in [0.25, 0.3) is 11.4 Å². The SMILES string of the molecule is CCS(=O)(=O)N1CCC(N(C)C(=O)Nc2cnc(-c3cc(F)cc(F)c3)nc2)CC1.[B][B]B([B])B(B(B([B])[B])B([B])[B])B(B([B])[B])B([B])[B]. The fourth-order valence-electron chi connectivity index (χ4n) is 5.73. The number of sulfonamides is 1. The Balaban J connectivity index is 0.000000381. The van der Waals surface area contributed by atoms with E-state index in [0.717, 1.165) is 18.2 Å². The van der Waals surface area contributed by atoms with E-state index in [4.69, 9.17) is 77.4 Å². The molecule has 0 atom stereocenters. The highest BCUT2D eigenvalue weighted by Crippen LogP contribution is 2.21. The molecule has 30 heteroatoms. The molecule has 0 unspecified atom stereocenters. The number of nitrogens with zero attached hydrogens (tertiary/aromatic N) is 4. The predicted molar refractivity (Wildman–Crippen MR) is 218 cm³/mol. The molecule has 2 amide bonds. The predicted octanol–water partition coefficient (Wildman–Crippen LogP) is -4.54. The molecule has 1 saturated heterocycles. The van der Waals surface area contributed by atoms with Gasteiger partial charge >= 0.3 is 6.03 Å². The summed E-state index contributed by atoms with van der Waals surface area (Å²) in [4.78, 5) is 22.2. The number of hydrogen-bond donors (Lipinski definition) is 1. The van der Waals surface area contributed by atoms with Crippen LogP contribution in [0.1, 0.15) is 19.8 Å². The Hall–Kier alpha value is -1.43. The van der Waals surface area contributed by atoms with Crippen molar-refractivity contribution in [2.24, 2.45) is 0 Å². The van der Waals surface area contributed by atoms with Gasteiger partial charge in [0.1, 0.15) is 11.6 Å².